The fourth-order valence-electron chi connectivity index (χ4n) is 9.56. The van der Waals surface area contributed by atoms with Crippen LogP contribution in [0.5, 0.6) is 46.0 Å². The standard InChI is InChI=1S/C64H82N8O16/c1-9-73-17-25-81-49-33-41-42(34-50(49)82-26-18-74-10-2)58-65-57(41)69-59-43-35-51(83-27-19-75-11-3)52(84-28-20-76-12-4)36-44(43)61(66-59)71-63-47-39-55(87-31-23-79-15-7)56(88-32-24-80-16-8)40-48(47)64(68-63)72-62-46-38-54(86-30-22-78-14-6)53(85-29-21-77-13-5)37-45(46)60(67-62)70-58/h33-40H,9-32H2,1-8H3,(H2,65,66,67,68,69,70,71,72). The summed E-state index contributed by atoms with van der Waals surface area (Å²) in [6.07, 6.45) is 0. The largest absolute Gasteiger partial charge is 0.487 e. The highest BCUT2D eigenvalue weighted by Gasteiger charge is 2.28. The maximum absolute atomic E-state index is 6.44. The van der Waals surface area contributed by atoms with E-state index >= 15 is 0 Å². The van der Waals surface area contributed by atoms with Gasteiger partial charge in [0.15, 0.2) is 69.3 Å². The third kappa shape index (κ3) is 16.5. The number of aromatic amines is 2. The summed E-state index contributed by atoms with van der Waals surface area (Å²) in [6.45, 7) is 24.5. The van der Waals surface area contributed by atoms with Crippen LogP contribution in [0.25, 0.3) is 89.7 Å². The molecule has 0 radical (unpaired) electrons. The Morgan fingerprint density at radius 2 is 0.398 bits per heavy atom. The van der Waals surface area contributed by atoms with Crippen LogP contribution in [0.2, 0.25) is 0 Å². The second kappa shape index (κ2) is 33.6. The monoisotopic (exact) mass is 1220 g/mol. The summed E-state index contributed by atoms with van der Waals surface area (Å²) >= 11 is 0. The third-order valence-corrected chi connectivity index (χ3v) is 13.6. The SMILES string of the molecule is CCOCCOc1cc2c(cc1OCCOCC)-c1nc-2nc2[nH]c(nc3nc(nc4[nH]c(n1)c1cc(OCCOCC)c(OCCOCC)cc41)-c1cc(OCCOCC)c(OCCOCC)cc1-3)c1cc(OCCOCC)c(OCCOCC)cc21. The van der Waals surface area contributed by atoms with Gasteiger partial charge in [0.1, 0.15) is 75.4 Å². The number of hydrogen-bond donors (Lipinski definition) is 2. The average molecular weight is 1220 g/mol. The molecule has 0 aliphatic carbocycles. The molecule has 0 fully saturated rings. The van der Waals surface area contributed by atoms with Crippen molar-refractivity contribution < 1.29 is 75.8 Å². The van der Waals surface area contributed by atoms with Crippen LogP contribution >= 0.6 is 0 Å². The van der Waals surface area contributed by atoms with E-state index in [1.165, 1.54) is 0 Å². The van der Waals surface area contributed by atoms with E-state index in [4.69, 9.17) is 106 Å². The molecule has 24 heteroatoms. The molecule has 2 aliphatic rings. The molecule has 2 N–H and O–H groups in total. The highest BCUT2D eigenvalue weighted by molar-refractivity contribution is 6.08. The van der Waals surface area contributed by atoms with Gasteiger partial charge in [0.2, 0.25) is 0 Å². The van der Waals surface area contributed by atoms with Crippen molar-refractivity contribution >= 4 is 44.1 Å². The Morgan fingerprint density at radius 3 is 0.568 bits per heavy atom. The van der Waals surface area contributed by atoms with Crippen molar-refractivity contribution in [1.82, 2.24) is 39.9 Å². The zero-order chi connectivity index (χ0) is 61.5. The van der Waals surface area contributed by atoms with E-state index in [0.717, 1.165) is 0 Å². The lowest BCUT2D eigenvalue weighted by Gasteiger charge is -2.15. The smallest absolute Gasteiger partial charge is 0.164 e. The number of hydrogen-bond acceptors (Lipinski definition) is 22. The zero-order valence-electron chi connectivity index (χ0n) is 51.8. The summed E-state index contributed by atoms with van der Waals surface area (Å²) in [6, 6.07) is 15.0. The quantitative estimate of drug-likeness (QED) is 0.0338. The Hall–Kier alpha value is -7.68. The van der Waals surface area contributed by atoms with Crippen LogP contribution in [-0.4, -0.2) is 198 Å². The predicted molar refractivity (Wildman–Crippen MR) is 332 cm³/mol. The lowest BCUT2D eigenvalue weighted by Crippen LogP contribution is -2.10. The van der Waals surface area contributed by atoms with E-state index in [1.54, 1.807) is 0 Å². The lowest BCUT2D eigenvalue weighted by molar-refractivity contribution is 0.1000. The first kappa shape index (κ1) is 64.8. The van der Waals surface area contributed by atoms with Crippen LogP contribution in [0.15, 0.2) is 48.5 Å². The van der Waals surface area contributed by atoms with E-state index in [9.17, 15) is 0 Å². The topological polar surface area (TPSA) is 257 Å². The molecule has 4 aromatic carbocycles. The number of benzene rings is 4. The number of ether oxygens (including phenoxy) is 16. The summed E-state index contributed by atoms with van der Waals surface area (Å²) in [5.74, 6) is 4.81. The van der Waals surface area contributed by atoms with Crippen LogP contribution in [0.3, 0.4) is 0 Å². The van der Waals surface area contributed by atoms with Crippen LogP contribution in [0.4, 0.5) is 0 Å². The summed E-state index contributed by atoms with van der Waals surface area (Å²) in [7, 11) is 0. The number of aromatic nitrogens is 8. The van der Waals surface area contributed by atoms with Crippen molar-refractivity contribution in [3.63, 3.8) is 0 Å². The van der Waals surface area contributed by atoms with Crippen LogP contribution in [0, 0.1) is 0 Å². The molecule has 3 aromatic heterocycles. The van der Waals surface area contributed by atoms with Gasteiger partial charge in [0, 0.05) is 96.7 Å². The van der Waals surface area contributed by atoms with Gasteiger partial charge in [-0.15, -0.1) is 0 Å². The van der Waals surface area contributed by atoms with Crippen molar-refractivity contribution in [3.05, 3.63) is 48.5 Å². The first-order chi connectivity index (χ1) is 43.3. The zero-order valence-corrected chi connectivity index (χ0v) is 51.8. The minimum atomic E-state index is 0.244. The van der Waals surface area contributed by atoms with E-state index in [2.05, 4.69) is 9.97 Å². The number of nitrogens with zero attached hydrogens (tertiary/aromatic N) is 6. The van der Waals surface area contributed by atoms with E-state index in [0.29, 0.717) is 241 Å². The third-order valence-electron chi connectivity index (χ3n) is 13.6. The van der Waals surface area contributed by atoms with E-state index < -0.39 is 0 Å². The van der Waals surface area contributed by atoms with Crippen molar-refractivity contribution in [3.8, 4) is 91.5 Å². The van der Waals surface area contributed by atoms with Gasteiger partial charge < -0.3 is 85.8 Å². The molecule has 0 unspecified atom stereocenters. The maximum Gasteiger partial charge on any atom is 0.164 e. The Morgan fingerprint density at radius 1 is 0.227 bits per heavy atom. The van der Waals surface area contributed by atoms with Crippen LogP contribution in [-0.2, 0) is 37.9 Å². The fraction of sp³-hybridized carbons (Fsp3) is 0.500. The second-order valence-corrected chi connectivity index (χ2v) is 19.4. The number of rotatable bonds is 40. The molecule has 0 amide bonds. The second-order valence-electron chi connectivity index (χ2n) is 19.4. The molecule has 24 nitrogen and oxygen atoms in total. The predicted octanol–water partition coefficient (Wildman–Crippen LogP) is 10.2. The number of fused-ring (bicyclic) bond motifs is 20. The van der Waals surface area contributed by atoms with Gasteiger partial charge in [-0.2, -0.15) is 0 Å². The fourth-order valence-corrected chi connectivity index (χ4v) is 9.56. The van der Waals surface area contributed by atoms with Gasteiger partial charge in [0.05, 0.1) is 52.9 Å². The molecule has 474 valence electrons. The minimum Gasteiger partial charge on any atom is -0.487 e. The van der Waals surface area contributed by atoms with Gasteiger partial charge in [-0.1, -0.05) is 0 Å². The molecular weight excluding hydrogens is 1140 g/mol. The van der Waals surface area contributed by atoms with Gasteiger partial charge in [0.25, 0.3) is 0 Å². The summed E-state index contributed by atoms with van der Waals surface area (Å²) < 4.78 is 97.1. The first-order valence-corrected chi connectivity index (χ1v) is 30.5. The van der Waals surface area contributed by atoms with E-state index in [-0.39, 0.29) is 52.9 Å². The summed E-state index contributed by atoms with van der Waals surface area (Å²) in [5, 5.41) is 2.53. The lowest BCUT2D eigenvalue weighted by atomic mass is 10.1. The molecule has 0 saturated heterocycles. The Bertz CT molecular complexity index is 3110. The Kier molecular flexibility index (Phi) is 24.7. The highest BCUT2D eigenvalue weighted by atomic mass is 16.6. The molecule has 2 aliphatic heterocycles. The number of H-pyrrole nitrogens is 2. The minimum absolute atomic E-state index is 0.244. The molecule has 8 bridgehead atoms. The summed E-state index contributed by atoms with van der Waals surface area (Å²) in [5.41, 5.74) is 3.98. The molecule has 0 atom stereocenters. The number of nitrogens with one attached hydrogen (secondary N) is 2. The first-order valence-electron chi connectivity index (χ1n) is 30.5. The molecule has 0 saturated carbocycles. The van der Waals surface area contributed by atoms with Gasteiger partial charge in [-0.3, -0.25) is 0 Å². The highest BCUT2D eigenvalue weighted by Crippen LogP contribution is 2.46. The van der Waals surface area contributed by atoms with Crippen LogP contribution < -0.4 is 37.9 Å². The van der Waals surface area contributed by atoms with Gasteiger partial charge in [-0.25, -0.2) is 29.9 Å². The van der Waals surface area contributed by atoms with Crippen molar-refractivity contribution in [1.29, 1.82) is 0 Å². The molecule has 7 aromatic rings. The maximum atomic E-state index is 6.44. The Balaban J connectivity index is 1.39. The van der Waals surface area contributed by atoms with Crippen molar-refractivity contribution in [2.24, 2.45) is 0 Å². The van der Waals surface area contributed by atoms with E-state index in [1.807, 2.05) is 104 Å². The van der Waals surface area contributed by atoms with Gasteiger partial charge in [-0.05, 0) is 104 Å². The molecule has 5 heterocycles. The molecule has 9 rings (SSSR count). The molecular formula is C64H82N8O16. The Labute approximate surface area is 512 Å². The molecule has 0 spiro atoms. The average Bonchev–Trinajstić information content (AvgIpc) is 2.03. The summed E-state index contributed by atoms with van der Waals surface area (Å²) in [4.78, 5) is 39.2. The van der Waals surface area contributed by atoms with Crippen molar-refractivity contribution in [2.45, 2.75) is 55.4 Å². The van der Waals surface area contributed by atoms with Gasteiger partial charge >= 0.3 is 0 Å². The van der Waals surface area contributed by atoms with Crippen molar-refractivity contribution in [2.75, 3.05) is 159 Å². The normalized spacial score (nSPS) is 11.7. The van der Waals surface area contributed by atoms with Crippen LogP contribution in [0.1, 0.15) is 55.4 Å². The molecule has 88 heavy (non-hydrogen) atoms.